The van der Waals surface area contributed by atoms with E-state index in [4.69, 9.17) is 0 Å². The summed E-state index contributed by atoms with van der Waals surface area (Å²) in [4.78, 5) is 4.24. The average molecular weight is 367 g/mol. The second-order valence-corrected chi connectivity index (χ2v) is 5.63. The Kier molecular flexibility index (Phi) is 4.09. The lowest BCUT2D eigenvalue weighted by molar-refractivity contribution is 0.473. The van der Waals surface area contributed by atoms with Crippen molar-refractivity contribution in [3.63, 3.8) is 0 Å². The summed E-state index contributed by atoms with van der Waals surface area (Å²) in [5, 5.41) is 19.6. The number of halogens is 1. The molecule has 2 rings (SSSR count). The van der Waals surface area contributed by atoms with Gasteiger partial charge in [0.15, 0.2) is 0 Å². The number of hydrogen-bond acceptors (Lipinski definition) is 3. The maximum absolute atomic E-state index is 9.84. The van der Waals surface area contributed by atoms with E-state index in [0.29, 0.717) is 11.3 Å². The molecule has 98 valence electrons. The number of benzene rings is 2. The zero-order chi connectivity index (χ0) is 14.0. The van der Waals surface area contributed by atoms with Crippen molar-refractivity contribution in [1.29, 1.82) is 0 Å². The topological polar surface area (TPSA) is 52.8 Å². The van der Waals surface area contributed by atoms with Gasteiger partial charge in [-0.2, -0.15) is 0 Å². The van der Waals surface area contributed by atoms with Gasteiger partial charge in [-0.3, -0.25) is 4.99 Å². The Hall–Kier alpha value is -1.56. The zero-order valence-electron chi connectivity index (χ0n) is 10.7. The third-order valence-electron chi connectivity index (χ3n) is 2.92. The molecule has 0 spiro atoms. The molecule has 4 heteroatoms. The van der Waals surface area contributed by atoms with Crippen LogP contribution in [0.2, 0.25) is 0 Å². The molecule has 2 aromatic carbocycles. The van der Waals surface area contributed by atoms with Crippen LogP contribution < -0.4 is 0 Å². The SMILES string of the molecule is Cc1cc(O)c(N=Cc2cc(I)ccc2O)cc1C. The molecule has 0 fully saturated rings. The van der Waals surface area contributed by atoms with Gasteiger partial charge in [-0.05, 0) is 77.9 Å². The number of nitrogens with zero attached hydrogens (tertiary/aromatic N) is 1. The van der Waals surface area contributed by atoms with Crippen LogP contribution in [0, 0.1) is 17.4 Å². The number of hydrogen-bond donors (Lipinski definition) is 2. The largest absolute Gasteiger partial charge is 0.507 e. The normalized spacial score (nSPS) is 11.1. The Balaban J connectivity index is 2.38. The first-order valence-electron chi connectivity index (χ1n) is 5.80. The van der Waals surface area contributed by atoms with Gasteiger partial charge in [-0.15, -0.1) is 0 Å². The Morgan fingerprint density at radius 3 is 2.42 bits per heavy atom. The van der Waals surface area contributed by atoms with Crippen molar-refractivity contribution in [3.05, 3.63) is 50.6 Å². The van der Waals surface area contributed by atoms with Crippen LogP contribution in [-0.4, -0.2) is 16.4 Å². The second kappa shape index (κ2) is 5.61. The first-order chi connectivity index (χ1) is 8.97. The lowest BCUT2D eigenvalue weighted by Crippen LogP contribution is -1.85. The minimum absolute atomic E-state index is 0.143. The number of rotatable bonds is 2. The first kappa shape index (κ1) is 13.9. The van der Waals surface area contributed by atoms with Gasteiger partial charge in [0.1, 0.15) is 17.2 Å². The highest BCUT2D eigenvalue weighted by Crippen LogP contribution is 2.29. The fourth-order valence-electron chi connectivity index (χ4n) is 1.66. The highest BCUT2D eigenvalue weighted by atomic mass is 127. The molecule has 0 bridgehead atoms. The van der Waals surface area contributed by atoms with Crippen LogP contribution in [0.1, 0.15) is 16.7 Å². The summed E-state index contributed by atoms with van der Waals surface area (Å²) in [6, 6.07) is 8.80. The summed E-state index contributed by atoms with van der Waals surface area (Å²) in [5.74, 6) is 0.317. The van der Waals surface area contributed by atoms with Crippen molar-refractivity contribution in [2.45, 2.75) is 13.8 Å². The highest BCUT2D eigenvalue weighted by Gasteiger charge is 2.03. The van der Waals surface area contributed by atoms with Gasteiger partial charge < -0.3 is 10.2 Å². The van der Waals surface area contributed by atoms with Crippen LogP contribution in [-0.2, 0) is 0 Å². The van der Waals surface area contributed by atoms with Gasteiger partial charge in [-0.25, -0.2) is 0 Å². The lowest BCUT2D eigenvalue weighted by atomic mass is 10.1. The van der Waals surface area contributed by atoms with E-state index in [-0.39, 0.29) is 11.5 Å². The van der Waals surface area contributed by atoms with E-state index in [1.54, 1.807) is 18.3 Å². The molecule has 0 aromatic heterocycles. The smallest absolute Gasteiger partial charge is 0.141 e. The number of phenolic OH excluding ortho intramolecular Hbond substituents is 2. The molecule has 0 saturated carbocycles. The third-order valence-corrected chi connectivity index (χ3v) is 3.59. The van der Waals surface area contributed by atoms with Crippen molar-refractivity contribution in [3.8, 4) is 11.5 Å². The molecule has 0 aliphatic rings. The van der Waals surface area contributed by atoms with Gasteiger partial charge in [0.25, 0.3) is 0 Å². The van der Waals surface area contributed by atoms with Crippen LogP contribution in [0.15, 0.2) is 35.3 Å². The molecule has 0 aliphatic carbocycles. The fourth-order valence-corrected chi connectivity index (χ4v) is 2.17. The Bertz CT molecular complexity index is 651. The predicted octanol–water partition coefficient (Wildman–Crippen LogP) is 4.07. The summed E-state index contributed by atoms with van der Waals surface area (Å²) in [5.41, 5.74) is 3.22. The summed E-state index contributed by atoms with van der Waals surface area (Å²) >= 11 is 2.17. The van der Waals surface area contributed by atoms with Crippen molar-refractivity contribution in [2.75, 3.05) is 0 Å². The lowest BCUT2D eigenvalue weighted by Gasteiger charge is -2.04. The molecular formula is C15H14INO2. The standard InChI is InChI=1S/C15H14INO2/c1-9-5-13(15(19)6-10(9)2)17-8-11-7-12(16)3-4-14(11)18/h3-8,18-19H,1-2H3. The maximum Gasteiger partial charge on any atom is 0.141 e. The van der Waals surface area contributed by atoms with E-state index in [9.17, 15) is 10.2 Å². The highest BCUT2D eigenvalue weighted by molar-refractivity contribution is 14.1. The van der Waals surface area contributed by atoms with Crippen molar-refractivity contribution in [2.24, 2.45) is 4.99 Å². The molecule has 2 aromatic rings. The average Bonchev–Trinajstić information content (AvgIpc) is 2.36. The van der Waals surface area contributed by atoms with E-state index in [0.717, 1.165) is 14.7 Å². The zero-order valence-corrected chi connectivity index (χ0v) is 12.8. The van der Waals surface area contributed by atoms with Crippen molar-refractivity contribution >= 4 is 34.5 Å². The number of phenols is 2. The van der Waals surface area contributed by atoms with E-state index in [1.807, 2.05) is 32.0 Å². The summed E-state index contributed by atoms with van der Waals surface area (Å²) < 4.78 is 1.01. The molecular weight excluding hydrogens is 353 g/mol. The molecule has 19 heavy (non-hydrogen) atoms. The Labute approximate surface area is 125 Å². The molecule has 0 amide bonds. The van der Waals surface area contributed by atoms with E-state index in [1.165, 1.54) is 0 Å². The summed E-state index contributed by atoms with van der Waals surface area (Å²) in [6.45, 7) is 3.91. The maximum atomic E-state index is 9.84. The molecule has 0 atom stereocenters. The molecule has 0 aliphatic heterocycles. The van der Waals surface area contributed by atoms with Crippen LogP contribution in [0.5, 0.6) is 11.5 Å². The fraction of sp³-hybridized carbons (Fsp3) is 0.133. The second-order valence-electron chi connectivity index (χ2n) is 4.39. The van der Waals surface area contributed by atoms with Crippen LogP contribution in [0.4, 0.5) is 5.69 Å². The number of aliphatic imine (C=N–C) groups is 1. The van der Waals surface area contributed by atoms with Crippen molar-refractivity contribution in [1.82, 2.24) is 0 Å². The minimum Gasteiger partial charge on any atom is -0.507 e. The van der Waals surface area contributed by atoms with Gasteiger partial charge in [-0.1, -0.05) is 0 Å². The molecule has 0 saturated heterocycles. The monoisotopic (exact) mass is 367 g/mol. The Morgan fingerprint density at radius 2 is 1.68 bits per heavy atom. The molecule has 2 N–H and O–H groups in total. The van der Waals surface area contributed by atoms with E-state index in [2.05, 4.69) is 27.6 Å². The van der Waals surface area contributed by atoms with E-state index >= 15 is 0 Å². The van der Waals surface area contributed by atoms with Crippen molar-refractivity contribution < 1.29 is 10.2 Å². The molecule has 0 radical (unpaired) electrons. The van der Waals surface area contributed by atoms with Crippen LogP contribution in [0.25, 0.3) is 0 Å². The quantitative estimate of drug-likeness (QED) is 0.621. The summed E-state index contributed by atoms with van der Waals surface area (Å²) in [7, 11) is 0. The Morgan fingerprint density at radius 1 is 1.00 bits per heavy atom. The van der Waals surface area contributed by atoms with Gasteiger partial charge in [0.05, 0.1) is 0 Å². The van der Waals surface area contributed by atoms with Gasteiger partial charge in [0.2, 0.25) is 0 Å². The number of aryl methyl sites for hydroxylation is 2. The third kappa shape index (κ3) is 3.26. The summed E-state index contributed by atoms with van der Waals surface area (Å²) in [6.07, 6.45) is 1.56. The predicted molar refractivity (Wildman–Crippen MR) is 85.7 cm³/mol. The van der Waals surface area contributed by atoms with Gasteiger partial charge >= 0.3 is 0 Å². The molecule has 3 nitrogen and oxygen atoms in total. The van der Waals surface area contributed by atoms with E-state index < -0.39 is 0 Å². The van der Waals surface area contributed by atoms with Crippen LogP contribution >= 0.6 is 22.6 Å². The van der Waals surface area contributed by atoms with Crippen LogP contribution in [0.3, 0.4) is 0 Å². The molecule has 0 unspecified atom stereocenters. The minimum atomic E-state index is 0.143. The number of aromatic hydroxyl groups is 2. The first-order valence-corrected chi connectivity index (χ1v) is 6.88. The van der Waals surface area contributed by atoms with Gasteiger partial charge in [0, 0.05) is 15.3 Å². The molecule has 0 heterocycles.